The molecule has 0 bridgehead atoms. The molecule has 9 heteroatoms. The summed E-state index contributed by atoms with van der Waals surface area (Å²) in [6.07, 6.45) is -3.41. The lowest BCUT2D eigenvalue weighted by Gasteiger charge is -2.32. The standard InChI is InChI=1S/C25H25F3N4O2/c1-16-5-3-4-6-19(16)20-8-10-23(31-30-20)32-13-11-17(12-14-32)24(33)29-21-15-18(25(26,27)28)7-9-22(21)34-2/h3-10,15,17H,11-14H2,1-2H3,(H,29,33). The average molecular weight is 470 g/mol. The predicted octanol–water partition coefficient (Wildman–Crippen LogP) is 5.33. The summed E-state index contributed by atoms with van der Waals surface area (Å²) in [5, 5.41) is 11.3. The van der Waals surface area contributed by atoms with E-state index in [1.54, 1.807) is 0 Å². The zero-order chi connectivity index (χ0) is 24.3. The minimum absolute atomic E-state index is 0.0161. The quantitative estimate of drug-likeness (QED) is 0.546. The second-order valence-corrected chi connectivity index (χ2v) is 8.26. The number of methoxy groups -OCH3 is 1. The highest BCUT2D eigenvalue weighted by atomic mass is 19.4. The molecular formula is C25H25F3N4O2. The SMILES string of the molecule is COc1ccc(C(F)(F)F)cc1NC(=O)C1CCN(c2ccc(-c3ccccc3C)nn2)CC1. The minimum atomic E-state index is -4.51. The Morgan fingerprint density at radius 1 is 1.06 bits per heavy atom. The van der Waals surface area contributed by atoms with Gasteiger partial charge in [-0.05, 0) is 55.7 Å². The summed E-state index contributed by atoms with van der Waals surface area (Å²) in [5.74, 6) is 0.270. The highest BCUT2D eigenvalue weighted by Crippen LogP contribution is 2.35. The Morgan fingerprint density at radius 3 is 2.41 bits per heavy atom. The minimum Gasteiger partial charge on any atom is -0.495 e. The first-order chi connectivity index (χ1) is 16.3. The lowest BCUT2D eigenvalue weighted by atomic mass is 9.95. The molecule has 1 fully saturated rings. The number of nitrogens with one attached hydrogen (secondary N) is 1. The van der Waals surface area contributed by atoms with Gasteiger partial charge in [0.15, 0.2) is 5.82 Å². The lowest BCUT2D eigenvalue weighted by molar-refractivity contribution is -0.137. The van der Waals surface area contributed by atoms with Crippen molar-refractivity contribution in [3.8, 4) is 17.0 Å². The normalized spacial score (nSPS) is 14.7. The molecule has 2 aromatic carbocycles. The van der Waals surface area contributed by atoms with Crippen LogP contribution in [0.3, 0.4) is 0 Å². The van der Waals surface area contributed by atoms with Crippen molar-refractivity contribution in [1.29, 1.82) is 0 Å². The molecule has 178 valence electrons. The molecule has 0 saturated carbocycles. The maximum absolute atomic E-state index is 13.1. The number of halogens is 3. The molecule has 2 heterocycles. The number of aryl methyl sites for hydroxylation is 1. The number of hydrogen-bond donors (Lipinski definition) is 1. The largest absolute Gasteiger partial charge is 0.495 e. The number of carbonyl (C=O) groups excluding carboxylic acids is 1. The average Bonchev–Trinajstić information content (AvgIpc) is 2.84. The van der Waals surface area contributed by atoms with E-state index in [-0.39, 0.29) is 23.3 Å². The number of ether oxygens (including phenoxy) is 1. The fourth-order valence-corrected chi connectivity index (χ4v) is 4.09. The molecule has 0 atom stereocenters. The van der Waals surface area contributed by atoms with Crippen LogP contribution in [-0.4, -0.2) is 36.3 Å². The summed E-state index contributed by atoms with van der Waals surface area (Å²) in [6.45, 7) is 3.21. The summed E-state index contributed by atoms with van der Waals surface area (Å²) in [4.78, 5) is 14.8. The van der Waals surface area contributed by atoms with Gasteiger partial charge >= 0.3 is 6.18 Å². The topological polar surface area (TPSA) is 67.3 Å². The Kier molecular flexibility index (Phi) is 6.72. The number of nitrogens with zero attached hydrogens (tertiary/aromatic N) is 3. The second kappa shape index (κ2) is 9.70. The van der Waals surface area contributed by atoms with Crippen LogP contribution in [0.4, 0.5) is 24.7 Å². The Labute approximate surface area is 195 Å². The predicted molar refractivity (Wildman–Crippen MR) is 124 cm³/mol. The van der Waals surface area contributed by atoms with E-state index in [2.05, 4.69) is 20.4 Å². The molecule has 0 aliphatic carbocycles. The van der Waals surface area contributed by atoms with Gasteiger partial charge in [0, 0.05) is 24.6 Å². The molecule has 0 radical (unpaired) electrons. The first-order valence-corrected chi connectivity index (χ1v) is 11.0. The third-order valence-corrected chi connectivity index (χ3v) is 6.05. The van der Waals surface area contributed by atoms with Gasteiger partial charge in [-0.1, -0.05) is 24.3 Å². The van der Waals surface area contributed by atoms with Crippen LogP contribution in [0.15, 0.2) is 54.6 Å². The number of benzene rings is 2. The van der Waals surface area contributed by atoms with Crippen molar-refractivity contribution in [1.82, 2.24) is 10.2 Å². The van der Waals surface area contributed by atoms with Gasteiger partial charge in [-0.15, -0.1) is 10.2 Å². The molecule has 1 aliphatic rings. The molecule has 1 saturated heterocycles. The first kappa shape index (κ1) is 23.5. The van der Waals surface area contributed by atoms with E-state index in [4.69, 9.17) is 4.74 Å². The monoisotopic (exact) mass is 470 g/mol. The van der Waals surface area contributed by atoms with Crippen molar-refractivity contribution >= 4 is 17.4 Å². The van der Waals surface area contributed by atoms with Crippen molar-refractivity contribution in [2.75, 3.05) is 30.4 Å². The number of piperidine rings is 1. The molecule has 1 aromatic heterocycles. The summed E-state index contributed by atoms with van der Waals surface area (Å²) >= 11 is 0. The van der Waals surface area contributed by atoms with Crippen LogP contribution in [0.1, 0.15) is 24.0 Å². The Bertz CT molecular complexity index is 1160. The van der Waals surface area contributed by atoms with Gasteiger partial charge in [0.1, 0.15) is 5.75 Å². The van der Waals surface area contributed by atoms with E-state index < -0.39 is 11.7 Å². The second-order valence-electron chi connectivity index (χ2n) is 8.26. The van der Waals surface area contributed by atoms with Crippen LogP contribution in [0.5, 0.6) is 5.75 Å². The number of carbonyl (C=O) groups is 1. The van der Waals surface area contributed by atoms with Crippen molar-refractivity contribution < 1.29 is 22.7 Å². The third-order valence-electron chi connectivity index (χ3n) is 6.05. The smallest absolute Gasteiger partial charge is 0.416 e. The van der Waals surface area contributed by atoms with E-state index in [0.717, 1.165) is 34.8 Å². The molecule has 1 amide bonds. The maximum atomic E-state index is 13.1. The van der Waals surface area contributed by atoms with E-state index in [1.165, 1.54) is 13.2 Å². The molecule has 0 spiro atoms. The molecular weight excluding hydrogens is 445 g/mol. The van der Waals surface area contributed by atoms with Crippen LogP contribution in [0.2, 0.25) is 0 Å². The molecule has 1 aliphatic heterocycles. The molecule has 6 nitrogen and oxygen atoms in total. The van der Waals surface area contributed by atoms with Crippen molar-refractivity contribution in [2.24, 2.45) is 5.92 Å². The number of alkyl halides is 3. The van der Waals surface area contributed by atoms with Crippen LogP contribution in [0, 0.1) is 12.8 Å². The molecule has 0 unspecified atom stereocenters. The van der Waals surface area contributed by atoms with Crippen molar-refractivity contribution in [2.45, 2.75) is 25.9 Å². The number of anilines is 2. The Balaban J connectivity index is 1.39. The van der Waals surface area contributed by atoms with Gasteiger partial charge in [0.05, 0.1) is 24.1 Å². The van der Waals surface area contributed by atoms with Crippen LogP contribution < -0.4 is 15.0 Å². The van der Waals surface area contributed by atoms with Crippen molar-refractivity contribution in [3.63, 3.8) is 0 Å². The zero-order valence-electron chi connectivity index (χ0n) is 18.9. The number of rotatable bonds is 5. The third kappa shape index (κ3) is 5.13. The number of amides is 1. The summed E-state index contributed by atoms with van der Waals surface area (Å²) in [7, 11) is 1.35. The summed E-state index contributed by atoms with van der Waals surface area (Å²) in [5.41, 5.74) is 2.12. The summed E-state index contributed by atoms with van der Waals surface area (Å²) in [6, 6.07) is 14.9. The fraction of sp³-hybridized carbons (Fsp3) is 0.320. The highest BCUT2D eigenvalue weighted by Gasteiger charge is 2.32. The lowest BCUT2D eigenvalue weighted by Crippen LogP contribution is -2.38. The van der Waals surface area contributed by atoms with Crippen LogP contribution >= 0.6 is 0 Å². The van der Waals surface area contributed by atoms with Crippen molar-refractivity contribution in [3.05, 3.63) is 65.7 Å². The van der Waals surface area contributed by atoms with Crippen LogP contribution in [0.25, 0.3) is 11.3 Å². The molecule has 34 heavy (non-hydrogen) atoms. The molecule has 4 rings (SSSR count). The van der Waals surface area contributed by atoms with E-state index in [0.29, 0.717) is 25.9 Å². The van der Waals surface area contributed by atoms with E-state index >= 15 is 0 Å². The first-order valence-electron chi connectivity index (χ1n) is 11.0. The van der Waals surface area contributed by atoms with Gasteiger partial charge in [0.2, 0.25) is 5.91 Å². The number of hydrogen-bond acceptors (Lipinski definition) is 5. The zero-order valence-corrected chi connectivity index (χ0v) is 18.9. The Hall–Kier alpha value is -3.62. The molecule has 1 N–H and O–H groups in total. The van der Waals surface area contributed by atoms with E-state index in [9.17, 15) is 18.0 Å². The number of aromatic nitrogens is 2. The Morgan fingerprint density at radius 2 is 1.79 bits per heavy atom. The highest BCUT2D eigenvalue weighted by molar-refractivity contribution is 5.94. The van der Waals surface area contributed by atoms with Gasteiger partial charge in [-0.25, -0.2) is 0 Å². The summed E-state index contributed by atoms with van der Waals surface area (Å²) < 4.78 is 44.3. The van der Waals surface area contributed by atoms with Crippen LogP contribution in [-0.2, 0) is 11.0 Å². The van der Waals surface area contributed by atoms with E-state index in [1.807, 2.05) is 43.3 Å². The van der Waals surface area contributed by atoms with Gasteiger partial charge in [-0.2, -0.15) is 13.2 Å². The fourth-order valence-electron chi connectivity index (χ4n) is 4.09. The van der Waals surface area contributed by atoms with Gasteiger partial charge in [-0.3, -0.25) is 4.79 Å². The molecule has 3 aromatic rings. The van der Waals surface area contributed by atoms with Gasteiger partial charge < -0.3 is 15.0 Å². The van der Waals surface area contributed by atoms with Gasteiger partial charge in [0.25, 0.3) is 0 Å². The maximum Gasteiger partial charge on any atom is 0.416 e.